The Morgan fingerprint density at radius 3 is 2.52 bits per heavy atom. The number of ether oxygens (including phenoxy) is 1. The molecular formula is C19H26O2. The van der Waals surface area contributed by atoms with Crippen LogP contribution in [-0.2, 0) is 9.53 Å². The quantitative estimate of drug-likeness (QED) is 0.592. The zero-order valence-electron chi connectivity index (χ0n) is 13.6. The van der Waals surface area contributed by atoms with Crippen LogP contribution in [0.5, 0.6) is 0 Å². The van der Waals surface area contributed by atoms with E-state index in [1.165, 1.54) is 12.5 Å². The molecule has 1 aromatic rings. The van der Waals surface area contributed by atoms with Crippen molar-refractivity contribution in [3.63, 3.8) is 0 Å². The van der Waals surface area contributed by atoms with E-state index >= 15 is 0 Å². The Morgan fingerprint density at radius 2 is 1.95 bits per heavy atom. The van der Waals surface area contributed by atoms with E-state index < -0.39 is 0 Å². The summed E-state index contributed by atoms with van der Waals surface area (Å²) >= 11 is 0. The Morgan fingerprint density at radius 1 is 1.29 bits per heavy atom. The van der Waals surface area contributed by atoms with Gasteiger partial charge in [0.1, 0.15) is 0 Å². The van der Waals surface area contributed by atoms with Crippen molar-refractivity contribution in [3.05, 3.63) is 42.0 Å². The Bertz CT molecular complexity index is 516. The van der Waals surface area contributed by atoms with E-state index in [2.05, 4.69) is 27.7 Å². The van der Waals surface area contributed by atoms with Gasteiger partial charge in [-0.2, -0.15) is 0 Å². The van der Waals surface area contributed by atoms with Crippen molar-refractivity contribution in [2.45, 2.75) is 40.5 Å². The molecule has 0 unspecified atom stereocenters. The lowest BCUT2D eigenvalue weighted by Gasteiger charge is -2.40. The molecule has 0 saturated heterocycles. The first-order chi connectivity index (χ1) is 9.85. The van der Waals surface area contributed by atoms with E-state index in [4.69, 9.17) is 4.74 Å². The van der Waals surface area contributed by atoms with Crippen LogP contribution >= 0.6 is 0 Å². The van der Waals surface area contributed by atoms with Crippen LogP contribution in [0.25, 0.3) is 6.08 Å². The van der Waals surface area contributed by atoms with Crippen LogP contribution in [0.15, 0.2) is 36.4 Å². The molecule has 1 fully saturated rings. The van der Waals surface area contributed by atoms with E-state index in [1.54, 1.807) is 6.08 Å². The van der Waals surface area contributed by atoms with Crippen molar-refractivity contribution >= 4 is 12.0 Å². The molecule has 1 aliphatic carbocycles. The van der Waals surface area contributed by atoms with E-state index in [0.29, 0.717) is 12.5 Å². The Balaban J connectivity index is 1.91. The zero-order valence-corrected chi connectivity index (χ0v) is 13.6. The SMILES string of the molecule is C[C@@H]1CC[C@@](C)(COC(=O)/C=C/c2ccccc2)C1(C)C. The average Bonchev–Trinajstić information content (AvgIpc) is 2.68. The van der Waals surface area contributed by atoms with Gasteiger partial charge >= 0.3 is 5.97 Å². The lowest BCUT2D eigenvalue weighted by Crippen LogP contribution is -2.37. The maximum Gasteiger partial charge on any atom is 0.330 e. The molecule has 1 aromatic carbocycles. The molecule has 1 saturated carbocycles. The molecule has 114 valence electrons. The van der Waals surface area contributed by atoms with Gasteiger partial charge in [-0.3, -0.25) is 0 Å². The van der Waals surface area contributed by atoms with Gasteiger partial charge in [0.2, 0.25) is 0 Å². The normalized spacial score (nSPS) is 27.9. The summed E-state index contributed by atoms with van der Waals surface area (Å²) in [5.74, 6) is 0.413. The molecule has 0 amide bonds. The van der Waals surface area contributed by atoms with Crippen LogP contribution in [-0.4, -0.2) is 12.6 Å². The van der Waals surface area contributed by atoms with E-state index in [1.807, 2.05) is 30.3 Å². The zero-order chi connectivity index (χ0) is 15.5. The third kappa shape index (κ3) is 3.37. The van der Waals surface area contributed by atoms with E-state index in [9.17, 15) is 4.79 Å². The maximum absolute atomic E-state index is 11.9. The minimum Gasteiger partial charge on any atom is -0.462 e. The summed E-state index contributed by atoms with van der Waals surface area (Å²) in [7, 11) is 0. The summed E-state index contributed by atoms with van der Waals surface area (Å²) in [5.41, 5.74) is 1.29. The van der Waals surface area contributed by atoms with Gasteiger partial charge in [-0.15, -0.1) is 0 Å². The fourth-order valence-electron chi connectivity index (χ4n) is 3.08. The van der Waals surface area contributed by atoms with Crippen LogP contribution in [0.2, 0.25) is 0 Å². The molecular weight excluding hydrogens is 260 g/mol. The largest absolute Gasteiger partial charge is 0.462 e. The van der Waals surface area contributed by atoms with Gasteiger partial charge in [-0.25, -0.2) is 4.79 Å². The highest BCUT2D eigenvalue weighted by molar-refractivity contribution is 5.87. The standard InChI is InChI=1S/C19H26O2/c1-15-12-13-19(4,18(15,2)3)14-21-17(20)11-10-16-8-6-5-7-9-16/h5-11,15H,12-14H2,1-4H3/b11-10+/t15-,19+/m1/s1. The fourth-order valence-corrected chi connectivity index (χ4v) is 3.08. The molecule has 0 bridgehead atoms. The van der Waals surface area contributed by atoms with Gasteiger partial charge < -0.3 is 4.74 Å². The predicted octanol–water partition coefficient (Wildman–Crippen LogP) is 4.71. The number of carbonyl (C=O) groups excluding carboxylic acids is 1. The molecule has 0 N–H and O–H groups in total. The predicted molar refractivity (Wildman–Crippen MR) is 86.7 cm³/mol. The smallest absolute Gasteiger partial charge is 0.330 e. The topological polar surface area (TPSA) is 26.3 Å². The van der Waals surface area contributed by atoms with Crippen LogP contribution in [0.3, 0.4) is 0 Å². The molecule has 0 aliphatic heterocycles. The van der Waals surface area contributed by atoms with Gasteiger partial charge in [0, 0.05) is 11.5 Å². The highest BCUT2D eigenvalue weighted by atomic mass is 16.5. The molecule has 21 heavy (non-hydrogen) atoms. The average molecular weight is 286 g/mol. The van der Waals surface area contributed by atoms with Gasteiger partial charge in [-0.1, -0.05) is 58.0 Å². The first kappa shape index (κ1) is 15.8. The molecule has 2 atom stereocenters. The number of benzene rings is 1. The first-order valence-electron chi connectivity index (χ1n) is 7.75. The summed E-state index contributed by atoms with van der Waals surface area (Å²) in [6.45, 7) is 9.62. The van der Waals surface area contributed by atoms with Crippen molar-refractivity contribution in [1.82, 2.24) is 0 Å². The van der Waals surface area contributed by atoms with Gasteiger partial charge in [0.05, 0.1) is 6.61 Å². The summed E-state index contributed by atoms with van der Waals surface area (Å²) in [5, 5.41) is 0. The number of carbonyl (C=O) groups is 1. The van der Waals surface area contributed by atoms with Gasteiger partial charge in [0.25, 0.3) is 0 Å². The van der Waals surface area contributed by atoms with Gasteiger partial charge in [0.15, 0.2) is 0 Å². The van der Waals surface area contributed by atoms with Crippen LogP contribution in [0, 0.1) is 16.7 Å². The molecule has 0 heterocycles. The van der Waals surface area contributed by atoms with Crippen LogP contribution in [0.4, 0.5) is 0 Å². The molecule has 0 spiro atoms. The summed E-state index contributed by atoms with van der Waals surface area (Å²) in [6.07, 6.45) is 5.65. The fraction of sp³-hybridized carbons (Fsp3) is 0.526. The number of hydrogen-bond acceptors (Lipinski definition) is 2. The molecule has 0 radical (unpaired) electrons. The lowest BCUT2D eigenvalue weighted by atomic mass is 9.66. The van der Waals surface area contributed by atoms with Crippen LogP contribution in [0.1, 0.15) is 46.1 Å². The molecule has 1 aliphatic rings. The number of rotatable bonds is 4. The first-order valence-corrected chi connectivity index (χ1v) is 7.75. The number of hydrogen-bond donors (Lipinski definition) is 0. The van der Waals surface area contributed by atoms with Crippen molar-refractivity contribution < 1.29 is 9.53 Å². The van der Waals surface area contributed by atoms with Gasteiger partial charge in [-0.05, 0) is 35.8 Å². The van der Waals surface area contributed by atoms with Crippen molar-refractivity contribution in [2.75, 3.05) is 6.61 Å². The number of esters is 1. The highest BCUT2D eigenvalue weighted by Gasteiger charge is 2.50. The second-order valence-corrected chi connectivity index (χ2v) is 7.07. The van der Waals surface area contributed by atoms with Crippen LogP contribution < -0.4 is 0 Å². The summed E-state index contributed by atoms with van der Waals surface area (Å²) in [6, 6.07) is 9.79. The Hall–Kier alpha value is -1.57. The van der Waals surface area contributed by atoms with Crippen molar-refractivity contribution in [1.29, 1.82) is 0 Å². The minimum atomic E-state index is -0.254. The maximum atomic E-state index is 11.9. The molecule has 2 nitrogen and oxygen atoms in total. The highest BCUT2D eigenvalue weighted by Crippen LogP contribution is 2.55. The van der Waals surface area contributed by atoms with Crippen molar-refractivity contribution in [3.8, 4) is 0 Å². The Labute approximate surface area is 128 Å². The molecule has 2 rings (SSSR count). The molecule has 0 aromatic heterocycles. The third-order valence-corrected chi connectivity index (χ3v) is 5.66. The molecule has 2 heteroatoms. The third-order valence-electron chi connectivity index (χ3n) is 5.66. The lowest BCUT2D eigenvalue weighted by molar-refractivity contribution is -0.143. The monoisotopic (exact) mass is 286 g/mol. The van der Waals surface area contributed by atoms with E-state index in [0.717, 1.165) is 12.0 Å². The van der Waals surface area contributed by atoms with E-state index in [-0.39, 0.29) is 16.8 Å². The summed E-state index contributed by atoms with van der Waals surface area (Å²) < 4.78 is 5.51. The second kappa shape index (κ2) is 6.05. The summed E-state index contributed by atoms with van der Waals surface area (Å²) in [4.78, 5) is 11.9. The van der Waals surface area contributed by atoms with Crippen molar-refractivity contribution in [2.24, 2.45) is 16.7 Å². The minimum absolute atomic E-state index is 0.0721. The second-order valence-electron chi connectivity index (χ2n) is 7.07. The Kier molecular flexibility index (Phi) is 4.55.